The number of rotatable bonds is 6. The predicted molar refractivity (Wildman–Crippen MR) is 84.7 cm³/mol. The molecule has 0 saturated heterocycles. The van der Waals surface area contributed by atoms with Gasteiger partial charge in [0.05, 0.1) is 12.4 Å². The minimum absolute atomic E-state index is 0.114. The fraction of sp³-hybridized carbons (Fsp3) is 0.714. The van der Waals surface area contributed by atoms with Crippen molar-refractivity contribution in [3.63, 3.8) is 0 Å². The summed E-state index contributed by atoms with van der Waals surface area (Å²) in [5.41, 5.74) is -0.148. The van der Waals surface area contributed by atoms with Crippen LogP contribution < -0.4 is 5.32 Å². The van der Waals surface area contributed by atoms with Crippen molar-refractivity contribution in [2.75, 3.05) is 18.9 Å². The van der Waals surface area contributed by atoms with Crippen molar-refractivity contribution in [2.45, 2.75) is 52.0 Å². The molecule has 120 valence electrons. The summed E-state index contributed by atoms with van der Waals surface area (Å²) in [5.74, 6) is 0.447. The van der Waals surface area contributed by atoms with E-state index >= 15 is 0 Å². The second kappa shape index (κ2) is 6.70. The molecule has 1 aromatic heterocycles. The fourth-order valence-electron chi connectivity index (χ4n) is 1.70. The zero-order valence-electron chi connectivity index (χ0n) is 13.7. The van der Waals surface area contributed by atoms with E-state index in [1.807, 2.05) is 34.6 Å². The number of hydrogen-bond acceptors (Lipinski definition) is 5. The zero-order chi connectivity index (χ0) is 16.3. The van der Waals surface area contributed by atoms with Crippen molar-refractivity contribution in [3.05, 3.63) is 12.4 Å². The van der Waals surface area contributed by atoms with Crippen LogP contribution in [0.4, 0.5) is 5.95 Å². The maximum atomic E-state index is 12.6. The van der Waals surface area contributed by atoms with Crippen LogP contribution in [0.1, 0.15) is 41.0 Å². The lowest BCUT2D eigenvalue weighted by Crippen LogP contribution is -2.42. The summed E-state index contributed by atoms with van der Waals surface area (Å²) in [6.07, 6.45) is 3.66. The third-order valence-corrected chi connectivity index (χ3v) is 5.52. The third kappa shape index (κ3) is 4.38. The van der Waals surface area contributed by atoms with Gasteiger partial charge < -0.3 is 5.32 Å². The first-order valence-corrected chi connectivity index (χ1v) is 8.58. The molecule has 0 radical (unpaired) electrons. The van der Waals surface area contributed by atoms with Crippen LogP contribution >= 0.6 is 0 Å². The Kier molecular flexibility index (Phi) is 5.69. The van der Waals surface area contributed by atoms with E-state index in [0.29, 0.717) is 5.95 Å². The molecule has 0 aliphatic rings. The molecule has 1 atom stereocenters. The first-order chi connectivity index (χ1) is 9.60. The molecular formula is C14H26N4O2S. The lowest BCUT2D eigenvalue weighted by molar-refractivity contribution is 0.216. The summed E-state index contributed by atoms with van der Waals surface area (Å²) >= 11 is 0. The van der Waals surface area contributed by atoms with Gasteiger partial charge in [0.2, 0.25) is 16.0 Å². The third-order valence-electron chi connectivity index (χ3n) is 3.64. The van der Waals surface area contributed by atoms with E-state index in [0.717, 1.165) is 13.0 Å². The van der Waals surface area contributed by atoms with Crippen LogP contribution in [0.2, 0.25) is 0 Å². The highest BCUT2D eigenvalue weighted by atomic mass is 32.2. The first-order valence-electron chi connectivity index (χ1n) is 7.14. The highest BCUT2D eigenvalue weighted by Gasteiger charge is 2.32. The SMILES string of the molecule is CCCNc1ncc(S(=O)(=O)N(C)C(C)C(C)(C)C)cn1. The molecule has 0 bridgehead atoms. The number of hydrogen-bond donors (Lipinski definition) is 1. The van der Waals surface area contributed by atoms with Crippen LogP contribution in [0.25, 0.3) is 0 Å². The molecule has 0 aliphatic heterocycles. The molecular weight excluding hydrogens is 288 g/mol. The van der Waals surface area contributed by atoms with Gasteiger partial charge in [-0.05, 0) is 18.8 Å². The monoisotopic (exact) mass is 314 g/mol. The molecule has 0 aliphatic carbocycles. The molecule has 0 spiro atoms. The van der Waals surface area contributed by atoms with Crippen LogP contribution in [0.15, 0.2) is 17.3 Å². The minimum atomic E-state index is -3.58. The summed E-state index contributed by atoms with van der Waals surface area (Å²) in [7, 11) is -1.99. The van der Waals surface area contributed by atoms with E-state index in [4.69, 9.17) is 0 Å². The van der Waals surface area contributed by atoms with Crippen molar-refractivity contribution >= 4 is 16.0 Å². The van der Waals surface area contributed by atoms with Crippen molar-refractivity contribution in [2.24, 2.45) is 5.41 Å². The van der Waals surface area contributed by atoms with Gasteiger partial charge in [0.25, 0.3) is 0 Å². The number of sulfonamides is 1. The van der Waals surface area contributed by atoms with Crippen LogP contribution in [-0.2, 0) is 10.0 Å². The summed E-state index contributed by atoms with van der Waals surface area (Å²) in [4.78, 5) is 8.23. The average molecular weight is 314 g/mol. The van der Waals surface area contributed by atoms with Gasteiger partial charge in [-0.15, -0.1) is 0 Å². The number of nitrogens with one attached hydrogen (secondary N) is 1. The van der Waals surface area contributed by atoms with Crippen molar-refractivity contribution < 1.29 is 8.42 Å². The number of nitrogens with zero attached hydrogens (tertiary/aromatic N) is 3. The molecule has 1 rings (SSSR count). The number of anilines is 1. The summed E-state index contributed by atoms with van der Waals surface area (Å²) < 4.78 is 26.5. The lowest BCUT2D eigenvalue weighted by atomic mass is 9.88. The van der Waals surface area contributed by atoms with E-state index < -0.39 is 10.0 Å². The van der Waals surface area contributed by atoms with Gasteiger partial charge in [-0.3, -0.25) is 0 Å². The Morgan fingerprint density at radius 1 is 1.29 bits per heavy atom. The Morgan fingerprint density at radius 3 is 2.24 bits per heavy atom. The summed E-state index contributed by atoms with van der Waals surface area (Å²) in [5, 5.41) is 3.02. The van der Waals surface area contributed by atoms with Gasteiger partial charge in [0.1, 0.15) is 4.90 Å². The molecule has 1 heterocycles. The van der Waals surface area contributed by atoms with Gasteiger partial charge in [-0.2, -0.15) is 4.31 Å². The molecule has 6 nitrogen and oxygen atoms in total. The van der Waals surface area contributed by atoms with Gasteiger partial charge in [0.15, 0.2) is 0 Å². The molecule has 0 amide bonds. The zero-order valence-corrected chi connectivity index (χ0v) is 14.5. The second-order valence-electron chi connectivity index (χ2n) is 6.23. The lowest BCUT2D eigenvalue weighted by Gasteiger charge is -2.34. The fourth-order valence-corrected chi connectivity index (χ4v) is 3.13. The number of aromatic nitrogens is 2. The molecule has 0 fully saturated rings. The largest absolute Gasteiger partial charge is 0.354 e. The maximum Gasteiger partial charge on any atom is 0.246 e. The molecule has 7 heteroatoms. The predicted octanol–water partition coefficient (Wildman–Crippen LogP) is 2.35. The first kappa shape index (κ1) is 17.8. The van der Waals surface area contributed by atoms with Crippen LogP contribution in [0, 0.1) is 5.41 Å². The molecule has 1 aromatic rings. The quantitative estimate of drug-likeness (QED) is 0.872. The minimum Gasteiger partial charge on any atom is -0.354 e. The summed E-state index contributed by atoms with van der Waals surface area (Å²) in [6, 6.07) is -0.139. The average Bonchev–Trinajstić information content (AvgIpc) is 2.42. The van der Waals surface area contributed by atoms with Crippen LogP contribution in [0.5, 0.6) is 0 Å². The maximum absolute atomic E-state index is 12.6. The van der Waals surface area contributed by atoms with E-state index in [1.165, 1.54) is 16.7 Å². The molecule has 21 heavy (non-hydrogen) atoms. The standard InChI is InChI=1S/C14H26N4O2S/c1-7-8-15-13-16-9-12(10-17-13)21(19,20)18(6)11(2)14(3,4)5/h9-11H,7-8H2,1-6H3,(H,15,16,17). The van der Waals surface area contributed by atoms with E-state index in [2.05, 4.69) is 15.3 Å². The highest BCUT2D eigenvalue weighted by molar-refractivity contribution is 7.89. The van der Waals surface area contributed by atoms with Gasteiger partial charge in [0, 0.05) is 19.6 Å². The van der Waals surface area contributed by atoms with Gasteiger partial charge in [-0.25, -0.2) is 18.4 Å². The van der Waals surface area contributed by atoms with Crippen molar-refractivity contribution in [1.29, 1.82) is 0 Å². The van der Waals surface area contributed by atoms with Crippen molar-refractivity contribution in [1.82, 2.24) is 14.3 Å². The highest BCUT2D eigenvalue weighted by Crippen LogP contribution is 2.27. The van der Waals surface area contributed by atoms with E-state index in [-0.39, 0.29) is 16.4 Å². The van der Waals surface area contributed by atoms with Gasteiger partial charge in [-0.1, -0.05) is 27.7 Å². The Morgan fingerprint density at radius 2 is 1.81 bits per heavy atom. The van der Waals surface area contributed by atoms with E-state index in [1.54, 1.807) is 7.05 Å². The van der Waals surface area contributed by atoms with Crippen LogP contribution in [-0.4, -0.2) is 42.3 Å². The Hall–Kier alpha value is -1.21. The molecule has 1 unspecified atom stereocenters. The van der Waals surface area contributed by atoms with E-state index in [9.17, 15) is 8.42 Å². The Balaban J connectivity index is 2.97. The molecule has 0 saturated carbocycles. The topological polar surface area (TPSA) is 75.2 Å². The molecule has 1 N–H and O–H groups in total. The van der Waals surface area contributed by atoms with Crippen molar-refractivity contribution in [3.8, 4) is 0 Å². The Labute approximate surface area is 128 Å². The van der Waals surface area contributed by atoms with Crippen LogP contribution in [0.3, 0.4) is 0 Å². The van der Waals surface area contributed by atoms with Gasteiger partial charge >= 0.3 is 0 Å². The smallest absolute Gasteiger partial charge is 0.246 e. The summed E-state index contributed by atoms with van der Waals surface area (Å²) in [6.45, 7) is 10.7. The second-order valence-corrected chi connectivity index (χ2v) is 8.23. The Bertz CT molecular complexity index is 549. The normalized spacial score (nSPS) is 14.2. The molecule has 0 aromatic carbocycles.